The molecular weight excluding hydrogens is 308 g/mol. The van der Waals surface area contributed by atoms with Crippen LogP contribution < -0.4 is 10.6 Å². The van der Waals surface area contributed by atoms with Gasteiger partial charge in [-0.3, -0.25) is 4.21 Å². The van der Waals surface area contributed by atoms with Gasteiger partial charge in [-0.25, -0.2) is 18.0 Å². The zero-order chi connectivity index (χ0) is 15.9. The second-order valence-electron chi connectivity index (χ2n) is 4.57. The first-order chi connectivity index (χ1) is 9.01. The van der Waals surface area contributed by atoms with Crippen molar-refractivity contribution in [2.75, 3.05) is 24.0 Å². The smallest absolute Gasteiger partial charge is 0.326 e. The number of carbonyl (C=O) groups excluding carboxylic acids is 1. The first-order valence-corrected chi connectivity index (χ1v) is 9.57. The molecule has 8 nitrogen and oxygen atoms in total. The Bertz CT molecular complexity index is 476. The molecule has 0 fully saturated rings. The number of nitrogens with one attached hydrogen (secondary N) is 2. The minimum atomic E-state index is -3.30. The molecule has 20 heavy (non-hydrogen) atoms. The molecule has 0 radical (unpaired) electrons. The molecule has 0 bridgehead atoms. The summed E-state index contributed by atoms with van der Waals surface area (Å²) >= 11 is 0. The SMILES string of the molecule is CC(CS(C)=O)NC(=O)NC(CCS(C)(=O)=O)C(=O)O. The number of hydrogen-bond acceptors (Lipinski definition) is 5. The van der Waals surface area contributed by atoms with Crippen molar-refractivity contribution < 1.29 is 27.3 Å². The van der Waals surface area contributed by atoms with E-state index in [4.69, 9.17) is 5.11 Å². The fourth-order valence-corrected chi connectivity index (χ4v) is 2.86. The predicted octanol–water partition coefficient (Wildman–Crippen LogP) is -1.06. The van der Waals surface area contributed by atoms with Crippen molar-refractivity contribution in [3.8, 4) is 0 Å². The molecule has 0 aliphatic heterocycles. The lowest BCUT2D eigenvalue weighted by Gasteiger charge is -2.17. The first-order valence-electron chi connectivity index (χ1n) is 5.79. The Morgan fingerprint density at radius 2 is 1.85 bits per heavy atom. The summed E-state index contributed by atoms with van der Waals surface area (Å²) in [6, 6.07) is -2.40. The van der Waals surface area contributed by atoms with Crippen LogP contribution in [0, 0.1) is 0 Å². The van der Waals surface area contributed by atoms with Crippen LogP contribution in [0.5, 0.6) is 0 Å². The minimum absolute atomic E-state index is 0.213. The summed E-state index contributed by atoms with van der Waals surface area (Å²) < 4.78 is 32.9. The third-order valence-electron chi connectivity index (χ3n) is 2.24. The van der Waals surface area contributed by atoms with Crippen molar-refractivity contribution in [2.45, 2.75) is 25.4 Å². The van der Waals surface area contributed by atoms with Crippen molar-refractivity contribution in [3.63, 3.8) is 0 Å². The van der Waals surface area contributed by atoms with Gasteiger partial charge in [-0.15, -0.1) is 0 Å². The summed E-state index contributed by atoms with van der Waals surface area (Å²) in [6.45, 7) is 1.63. The largest absolute Gasteiger partial charge is 0.480 e. The van der Waals surface area contributed by atoms with Crippen molar-refractivity contribution in [3.05, 3.63) is 0 Å². The lowest BCUT2D eigenvalue weighted by atomic mass is 10.2. The van der Waals surface area contributed by atoms with E-state index in [9.17, 15) is 22.2 Å². The highest BCUT2D eigenvalue weighted by atomic mass is 32.2. The third-order valence-corrected chi connectivity index (χ3v) is 4.19. The second kappa shape index (κ2) is 8.20. The van der Waals surface area contributed by atoms with Gasteiger partial charge in [0, 0.05) is 35.1 Å². The molecule has 3 atom stereocenters. The molecule has 3 unspecified atom stereocenters. The number of hydrogen-bond donors (Lipinski definition) is 3. The maximum atomic E-state index is 11.5. The number of rotatable bonds is 8. The molecule has 0 aliphatic carbocycles. The quantitative estimate of drug-likeness (QED) is 0.521. The monoisotopic (exact) mass is 328 g/mol. The average Bonchev–Trinajstić information content (AvgIpc) is 2.20. The van der Waals surface area contributed by atoms with E-state index in [0.29, 0.717) is 0 Å². The van der Waals surface area contributed by atoms with Crippen LogP contribution in [0.1, 0.15) is 13.3 Å². The molecule has 118 valence electrons. The fourth-order valence-electron chi connectivity index (χ4n) is 1.41. The van der Waals surface area contributed by atoms with Crippen molar-refractivity contribution in [1.82, 2.24) is 10.6 Å². The summed E-state index contributed by atoms with van der Waals surface area (Å²) in [5.74, 6) is -1.40. The van der Waals surface area contributed by atoms with Gasteiger partial charge in [0.1, 0.15) is 15.9 Å². The number of amides is 2. The van der Waals surface area contributed by atoms with Crippen LogP contribution >= 0.6 is 0 Å². The van der Waals surface area contributed by atoms with Crippen LogP contribution in [0.25, 0.3) is 0 Å². The number of carboxylic acid groups (broad SMARTS) is 1. The van der Waals surface area contributed by atoms with Crippen LogP contribution in [0.2, 0.25) is 0 Å². The Balaban J connectivity index is 4.41. The topological polar surface area (TPSA) is 130 Å². The van der Waals surface area contributed by atoms with E-state index >= 15 is 0 Å². The fraction of sp³-hybridized carbons (Fsp3) is 0.800. The van der Waals surface area contributed by atoms with Gasteiger partial charge in [-0.05, 0) is 13.3 Å². The molecule has 2 amide bonds. The highest BCUT2D eigenvalue weighted by Crippen LogP contribution is 1.97. The number of carboxylic acids is 1. The van der Waals surface area contributed by atoms with E-state index in [1.54, 1.807) is 6.92 Å². The van der Waals surface area contributed by atoms with Gasteiger partial charge < -0.3 is 15.7 Å². The molecular formula is C10H20N2O6S2. The molecule has 0 heterocycles. The van der Waals surface area contributed by atoms with E-state index in [2.05, 4.69) is 10.6 Å². The Morgan fingerprint density at radius 3 is 2.25 bits per heavy atom. The Morgan fingerprint density at radius 1 is 1.30 bits per heavy atom. The van der Waals surface area contributed by atoms with Gasteiger partial charge in [-0.2, -0.15) is 0 Å². The molecule has 0 aliphatic rings. The molecule has 0 aromatic heterocycles. The second-order valence-corrected chi connectivity index (χ2v) is 8.31. The molecule has 0 aromatic carbocycles. The molecule has 0 saturated heterocycles. The predicted molar refractivity (Wildman–Crippen MR) is 75.8 cm³/mol. The van der Waals surface area contributed by atoms with Gasteiger partial charge in [0.2, 0.25) is 0 Å². The van der Waals surface area contributed by atoms with Crippen LogP contribution in [0.3, 0.4) is 0 Å². The van der Waals surface area contributed by atoms with Crippen LogP contribution in [-0.2, 0) is 25.4 Å². The maximum absolute atomic E-state index is 11.5. The van der Waals surface area contributed by atoms with Gasteiger partial charge in [-0.1, -0.05) is 0 Å². The molecule has 3 N–H and O–H groups in total. The molecule has 0 aromatic rings. The third kappa shape index (κ3) is 9.73. The van der Waals surface area contributed by atoms with Crippen LogP contribution in [-0.4, -0.2) is 65.8 Å². The summed E-state index contributed by atoms with van der Waals surface area (Å²) in [7, 11) is -4.39. The minimum Gasteiger partial charge on any atom is -0.480 e. The molecule has 0 spiro atoms. The van der Waals surface area contributed by atoms with Gasteiger partial charge in [0.05, 0.1) is 5.75 Å². The summed E-state index contributed by atoms with van der Waals surface area (Å²) in [5.41, 5.74) is 0. The van der Waals surface area contributed by atoms with E-state index in [-0.39, 0.29) is 24.0 Å². The molecule has 0 saturated carbocycles. The highest BCUT2D eigenvalue weighted by molar-refractivity contribution is 7.90. The Kier molecular flexibility index (Phi) is 7.72. The van der Waals surface area contributed by atoms with Crippen molar-refractivity contribution in [1.29, 1.82) is 0 Å². The number of urea groups is 1. The van der Waals surface area contributed by atoms with Gasteiger partial charge >= 0.3 is 12.0 Å². The van der Waals surface area contributed by atoms with Crippen molar-refractivity contribution >= 4 is 32.6 Å². The molecule has 10 heteroatoms. The van der Waals surface area contributed by atoms with E-state index in [1.165, 1.54) is 6.26 Å². The highest BCUT2D eigenvalue weighted by Gasteiger charge is 2.22. The lowest BCUT2D eigenvalue weighted by molar-refractivity contribution is -0.139. The standard InChI is InChI=1S/C10H20N2O6S2/c1-7(6-19(2)16)11-10(15)12-8(9(13)14)4-5-20(3,17)18/h7-8H,4-6H2,1-3H3,(H,13,14)(H2,11,12,15). The van der Waals surface area contributed by atoms with Gasteiger partial charge in [0.25, 0.3) is 0 Å². The van der Waals surface area contributed by atoms with E-state index in [1.807, 2.05) is 0 Å². The van der Waals surface area contributed by atoms with Gasteiger partial charge in [0.15, 0.2) is 0 Å². The average molecular weight is 328 g/mol. The zero-order valence-corrected chi connectivity index (χ0v) is 13.2. The maximum Gasteiger partial charge on any atom is 0.326 e. The normalized spacial score (nSPS) is 15.9. The Hall–Kier alpha value is -1.16. The number of aliphatic carboxylic acids is 1. The first kappa shape index (κ1) is 18.8. The summed E-state index contributed by atoms with van der Waals surface area (Å²) in [4.78, 5) is 22.5. The van der Waals surface area contributed by atoms with Crippen LogP contribution in [0.4, 0.5) is 4.79 Å². The van der Waals surface area contributed by atoms with Crippen LogP contribution in [0.15, 0.2) is 0 Å². The zero-order valence-electron chi connectivity index (χ0n) is 11.6. The summed E-state index contributed by atoms with van der Waals surface area (Å²) in [5, 5.41) is 13.5. The van der Waals surface area contributed by atoms with E-state index < -0.39 is 38.7 Å². The summed E-state index contributed by atoms with van der Waals surface area (Å²) in [6.07, 6.45) is 2.27. The van der Waals surface area contributed by atoms with Crippen molar-refractivity contribution in [2.24, 2.45) is 0 Å². The number of carbonyl (C=O) groups is 2. The number of sulfone groups is 1. The molecule has 0 rings (SSSR count). The lowest BCUT2D eigenvalue weighted by Crippen LogP contribution is -2.49. The Labute approximate surface area is 120 Å². The van der Waals surface area contributed by atoms with E-state index in [0.717, 1.165) is 6.26 Å².